The maximum Gasteiger partial charge on any atom is 0.310 e. The van der Waals surface area contributed by atoms with Crippen LogP contribution in [0.5, 0.6) is 5.75 Å². The lowest BCUT2D eigenvalue weighted by molar-refractivity contribution is -0.142. The Morgan fingerprint density at radius 2 is 1.71 bits per heavy atom. The fourth-order valence-corrected chi connectivity index (χ4v) is 2.81. The van der Waals surface area contributed by atoms with Gasteiger partial charge < -0.3 is 9.84 Å². The molecule has 0 heterocycles. The molecule has 0 aliphatic carbocycles. The largest absolute Gasteiger partial charge is 0.508 e. The number of phenolic OH excluding ortho intramolecular Hbond substituents is 1. The van der Waals surface area contributed by atoms with Gasteiger partial charge in [0.15, 0.2) is 0 Å². The second-order valence-electron chi connectivity index (χ2n) is 7.71. The van der Waals surface area contributed by atoms with Gasteiger partial charge in [0.05, 0.1) is 13.0 Å². The minimum absolute atomic E-state index is 0.119. The van der Waals surface area contributed by atoms with E-state index in [1.54, 1.807) is 6.07 Å². The maximum absolute atomic E-state index is 12.0. The molecule has 0 aliphatic heterocycles. The molecule has 0 amide bonds. The number of aryl methyl sites for hydroxylation is 1. The van der Waals surface area contributed by atoms with Crippen molar-refractivity contribution in [2.24, 2.45) is 0 Å². The van der Waals surface area contributed by atoms with Crippen LogP contribution < -0.4 is 0 Å². The predicted molar refractivity (Wildman–Crippen MR) is 99.6 cm³/mol. The highest BCUT2D eigenvalue weighted by Gasteiger charge is 2.20. The number of benzene rings is 1. The minimum Gasteiger partial charge on any atom is -0.508 e. The second-order valence-corrected chi connectivity index (χ2v) is 7.71. The number of carbonyl (C=O) groups is 1. The number of carbonyl (C=O) groups excluding carboxylic acids is 1. The molecule has 0 unspecified atom stereocenters. The van der Waals surface area contributed by atoms with E-state index in [4.69, 9.17) is 4.74 Å². The molecule has 3 heteroatoms. The Balaban J connectivity index is 2.46. The first-order chi connectivity index (χ1) is 11.3. The maximum atomic E-state index is 12.0. The normalized spacial score (nSPS) is 11.5. The number of hydrogen-bond acceptors (Lipinski definition) is 3. The van der Waals surface area contributed by atoms with E-state index in [0.717, 1.165) is 29.5 Å². The Morgan fingerprint density at radius 3 is 2.33 bits per heavy atom. The standard InChI is InChI=1S/C21H34O3/c1-6-7-8-9-10-11-12-24-20(23)15-17-14-19(22)18(13-16(17)2)21(3,4)5/h13-14,22H,6-12,15H2,1-5H3. The summed E-state index contributed by atoms with van der Waals surface area (Å²) in [6.45, 7) is 10.9. The first kappa shape index (κ1) is 20.5. The lowest BCUT2D eigenvalue weighted by Crippen LogP contribution is -2.14. The van der Waals surface area contributed by atoms with Crippen LogP contribution in [0.4, 0.5) is 0 Å². The lowest BCUT2D eigenvalue weighted by atomic mass is 9.84. The van der Waals surface area contributed by atoms with Gasteiger partial charge in [0.2, 0.25) is 0 Å². The molecular weight excluding hydrogens is 300 g/mol. The first-order valence-corrected chi connectivity index (χ1v) is 9.24. The van der Waals surface area contributed by atoms with E-state index in [9.17, 15) is 9.90 Å². The van der Waals surface area contributed by atoms with Gasteiger partial charge in [-0.05, 0) is 41.5 Å². The highest BCUT2D eigenvalue weighted by Crippen LogP contribution is 2.33. The van der Waals surface area contributed by atoms with Crippen LogP contribution in [-0.2, 0) is 21.4 Å². The van der Waals surface area contributed by atoms with Crippen LogP contribution in [-0.4, -0.2) is 17.7 Å². The van der Waals surface area contributed by atoms with E-state index in [-0.39, 0.29) is 23.6 Å². The van der Waals surface area contributed by atoms with Gasteiger partial charge in [0, 0.05) is 0 Å². The monoisotopic (exact) mass is 334 g/mol. The molecule has 1 aromatic rings. The van der Waals surface area contributed by atoms with Crippen LogP contribution in [0.15, 0.2) is 12.1 Å². The number of esters is 1. The zero-order valence-electron chi connectivity index (χ0n) is 16.1. The van der Waals surface area contributed by atoms with Crippen molar-refractivity contribution in [1.29, 1.82) is 0 Å². The van der Waals surface area contributed by atoms with Gasteiger partial charge >= 0.3 is 5.97 Å². The molecule has 0 aromatic heterocycles. The van der Waals surface area contributed by atoms with Gasteiger partial charge in [-0.25, -0.2) is 0 Å². The van der Waals surface area contributed by atoms with Crippen molar-refractivity contribution in [3.05, 3.63) is 28.8 Å². The van der Waals surface area contributed by atoms with Crippen LogP contribution in [0.2, 0.25) is 0 Å². The molecule has 0 radical (unpaired) electrons. The summed E-state index contributed by atoms with van der Waals surface area (Å²) in [6, 6.07) is 3.69. The summed E-state index contributed by atoms with van der Waals surface area (Å²) < 4.78 is 5.32. The van der Waals surface area contributed by atoms with E-state index < -0.39 is 0 Å². The lowest BCUT2D eigenvalue weighted by Gasteiger charge is -2.22. The van der Waals surface area contributed by atoms with Gasteiger partial charge in [0.25, 0.3) is 0 Å². The number of phenols is 1. The fourth-order valence-electron chi connectivity index (χ4n) is 2.81. The molecule has 1 rings (SSSR count). The molecule has 0 atom stereocenters. The van der Waals surface area contributed by atoms with Crippen molar-refractivity contribution in [2.75, 3.05) is 6.61 Å². The third-order valence-electron chi connectivity index (χ3n) is 4.36. The van der Waals surface area contributed by atoms with Crippen LogP contribution >= 0.6 is 0 Å². The number of aromatic hydroxyl groups is 1. The van der Waals surface area contributed by atoms with Crippen LogP contribution in [0.3, 0.4) is 0 Å². The molecule has 0 bridgehead atoms. The average Bonchev–Trinajstić information content (AvgIpc) is 2.48. The molecule has 1 N–H and O–H groups in total. The van der Waals surface area contributed by atoms with E-state index in [1.165, 1.54) is 25.7 Å². The highest BCUT2D eigenvalue weighted by molar-refractivity contribution is 5.73. The summed E-state index contributed by atoms with van der Waals surface area (Å²) in [5.41, 5.74) is 2.65. The quantitative estimate of drug-likeness (QED) is 0.483. The molecule has 1 aromatic carbocycles. The van der Waals surface area contributed by atoms with Crippen molar-refractivity contribution >= 4 is 5.97 Å². The van der Waals surface area contributed by atoms with Gasteiger partial charge in [-0.2, -0.15) is 0 Å². The molecule has 0 aliphatic rings. The molecule has 0 spiro atoms. The van der Waals surface area contributed by atoms with Crippen molar-refractivity contribution < 1.29 is 14.6 Å². The van der Waals surface area contributed by atoms with E-state index in [0.29, 0.717) is 6.61 Å². The molecule has 0 fully saturated rings. The Hall–Kier alpha value is -1.51. The van der Waals surface area contributed by atoms with Crippen LogP contribution in [0, 0.1) is 6.92 Å². The molecule has 3 nitrogen and oxygen atoms in total. The van der Waals surface area contributed by atoms with Gasteiger partial charge in [-0.15, -0.1) is 0 Å². The Labute approximate surface area is 147 Å². The average molecular weight is 335 g/mol. The van der Waals surface area contributed by atoms with Gasteiger partial charge in [-0.3, -0.25) is 4.79 Å². The SMILES string of the molecule is CCCCCCCCOC(=O)Cc1cc(O)c(C(C)(C)C)cc1C. The van der Waals surface area contributed by atoms with Crippen molar-refractivity contribution in [3.8, 4) is 5.75 Å². The third-order valence-corrected chi connectivity index (χ3v) is 4.36. The van der Waals surface area contributed by atoms with Crippen molar-refractivity contribution in [1.82, 2.24) is 0 Å². The molecular formula is C21H34O3. The summed E-state index contributed by atoms with van der Waals surface area (Å²) in [4.78, 5) is 12.0. The van der Waals surface area contributed by atoms with Gasteiger partial charge in [0.1, 0.15) is 5.75 Å². The van der Waals surface area contributed by atoms with E-state index >= 15 is 0 Å². The topological polar surface area (TPSA) is 46.5 Å². The van der Waals surface area contributed by atoms with Crippen LogP contribution in [0.25, 0.3) is 0 Å². The Bertz CT molecular complexity index is 527. The summed E-state index contributed by atoms with van der Waals surface area (Å²) >= 11 is 0. The minimum atomic E-state index is -0.213. The number of unbranched alkanes of at least 4 members (excludes halogenated alkanes) is 5. The van der Waals surface area contributed by atoms with E-state index in [2.05, 4.69) is 27.7 Å². The Kier molecular flexibility index (Phi) is 8.30. The van der Waals surface area contributed by atoms with Crippen molar-refractivity contribution in [3.63, 3.8) is 0 Å². The summed E-state index contributed by atoms with van der Waals surface area (Å²) in [5, 5.41) is 10.2. The fraction of sp³-hybridized carbons (Fsp3) is 0.667. The molecule has 0 saturated carbocycles. The summed E-state index contributed by atoms with van der Waals surface area (Å²) in [7, 11) is 0. The number of rotatable bonds is 9. The van der Waals surface area contributed by atoms with Crippen LogP contribution in [0.1, 0.15) is 82.9 Å². The molecule has 0 saturated heterocycles. The summed E-state index contributed by atoms with van der Waals surface area (Å²) in [6.07, 6.45) is 7.29. The molecule has 24 heavy (non-hydrogen) atoms. The molecule has 136 valence electrons. The van der Waals surface area contributed by atoms with E-state index in [1.807, 2.05) is 13.0 Å². The zero-order chi connectivity index (χ0) is 18.2. The van der Waals surface area contributed by atoms with Crippen molar-refractivity contribution in [2.45, 2.75) is 85.0 Å². The smallest absolute Gasteiger partial charge is 0.310 e. The predicted octanol–water partition coefficient (Wildman–Crippen LogP) is 5.44. The number of hydrogen-bond donors (Lipinski definition) is 1. The summed E-state index contributed by atoms with van der Waals surface area (Å²) in [5.74, 6) is 0.0430. The van der Waals surface area contributed by atoms with Gasteiger partial charge in [-0.1, -0.05) is 65.9 Å². The number of ether oxygens (including phenoxy) is 1. The third kappa shape index (κ3) is 6.94. The highest BCUT2D eigenvalue weighted by atomic mass is 16.5. The first-order valence-electron chi connectivity index (χ1n) is 9.24. The second kappa shape index (κ2) is 9.71. The zero-order valence-corrected chi connectivity index (χ0v) is 16.1. The Morgan fingerprint density at radius 1 is 1.08 bits per heavy atom.